The highest BCUT2D eigenvalue weighted by molar-refractivity contribution is 7.81. The maximum Gasteiger partial charge on any atom is 0.110 e. The number of likely N-dealkylation sites (N-methyl/N-ethyl adjacent to an activating group) is 1. The van der Waals surface area contributed by atoms with Gasteiger partial charge in [0.1, 0.15) is 4.93 Å². The molecule has 0 bridgehead atoms. The Hall–Kier alpha value is 0.110. The van der Waals surface area contributed by atoms with Crippen LogP contribution in [0.15, 0.2) is 0 Å². The second-order valence-electron chi connectivity index (χ2n) is 6.51. The van der Waals surface area contributed by atoms with E-state index in [1.54, 1.807) is 0 Å². The highest BCUT2D eigenvalue weighted by Gasteiger charge is 2.19. The molecule has 0 aliphatic carbocycles. The third-order valence-electron chi connectivity index (χ3n) is 3.43. The molecule has 0 aromatic carbocycles. The van der Waals surface area contributed by atoms with Gasteiger partial charge < -0.3 is 29.0 Å². The summed E-state index contributed by atoms with van der Waals surface area (Å²) in [4.78, 5) is -0.510. The van der Waals surface area contributed by atoms with Crippen molar-refractivity contribution in [3.05, 3.63) is 0 Å². The van der Waals surface area contributed by atoms with Crippen LogP contribution in [0.4, 0.5) is 0 Å². The molecule has 0 aliphatic rings. The molecule has 7 heteroatoms. The molecule has 152 valence electrons. The van der Waals surface area contributed by atoms with Gasteiger partial charge in [0.05, 0.1) is 52.9 Å². The minimum absolute atomic E-state index is 0.510. The molecule has 1 atom stereocenters. The van der Waals surface area contributed by atoms with E-state index in [4.69, 9.17) is 23.7 Å². The van der Waals surface area contributed by atoms with Gasteiger partial charge in [0.2, 0.25) is 0 Å². The SMILES string of the molecule is CNCCOCCOCCC(C)(S)OCCOCCOCCC(C)C. The first-order chi connectivity index (χ1) is 12.0. The first-order valence-corrected chi connectivity index (χ1v) is 9.74. The average Bonchev–Trinajstić information content (AvgIpc) is 2.55. The van der Waals surface area contributed by atoms with Crippen molar-refractivity contribution in [2.75, 3.05) is 73.1 Å². The van der Waals surface area contributed by atoms with Crippen molar-refractivity contribution in [1.29, 1.82) is 0 Å². The van der Waals surface area contributed by atoms with E-state index in [0.29, 0.717) is 65.2 Å². The van der Waals surface area contributed by atoms with Crippen molar-refractivity contribution in [1.82, 2.24) is 5.32 Å². The van der Waals surface area contributed by atoms with Gasteiger partial charge in [0.15, 0.2) is 0 Å². The summed E-state index contributed by atoms with van der Waals surface area (Å²) < 4.78 is 27.6. The van der Waals surface area contributed by atoms with E-state index in [-0.39, 0.29) is 0 Å². The van der Waals surface area contributed by atoms with Crippen LogP contribution < -0.4 is 5.32 Å². The molecule has 0 rings (SSSR count). The number of thiol groups is 1. The summed E-state index contributed by atoms with van der Waals surface area (Å²) in [5.74, 6) is 0.678. The summed E-state index contributed by atoms with van der Waals surface area (Å²) in [6, 6.07) is 0. The van der Waals surface area contributed by atoms with Crippen LogP contribution in [0.5, 0.6) is 0 Å². The van der Waals surface area contributed by atoms with Crippen LogP contribution in [0.3, 0.4) is 0 Å². The number of ether oxygens (including phenoxy) is 5. The first-order valence-electron chi connectivity index (χ1n) is 9.30. The Morgan fingerprint density at radius 3 is 1.92 bits per heavy atom. The molecule has 0 radical (unpaired) electrons. The zero-order valence-corrected chi connectivity index (χ0v) is 17.4. The lowest BCUT2D eigenvalue weighted by Gasteiger charge is -2.24. The van der Waals surface area contributed by atoms with Crippen molar-refractivity contribution < 1.29 is 23.7 Å². The van der Waals surface area contributed by atoms with Gasteiger partial charge in [-0.3, -0.25) is 0 Å². The predicted molar refractivity (Wildman–Crippen MR) is 105 cm³/mol. The Labute approximate surface area is 159 Å². The summed E-state index contributed by atoms with van der Waals surface area (Å²) in [6.45, 7) is 12.8. The molecule has 1 N–H and O–H groups in total. The standard InChI is InChI=1S/C18H39NO5S/c1-17(2)5-8-20-11-14-23-15-16-24-18(3,25)6-9-21-12-13-22-10-7-19-4/h17,19,25H,5-16H2,1-4H3. The summed E-state index contributed by atoms with van der Waals surface area (Å²) in [7, 11) is 1.90. The zero-order valence-electron chi connectivity index (χ0n) is 16.6. The van der Waals surface area contributed by atoms with Gasteiger partial charge in [-0.05, 0) is 26.3 Å². The molecule has 0 spiro atoms. The van der Waals surface area contributed by atoms with Crippen molar-refractivity contribution in [2.45, 2.75) is 38.5 Å². The quantitative estimate of drug-likeness (QED) is 0.204. The van der Waals surface area contributed by atoms with E-state index in [1.807, 2.05) is 14.0 Å². The molecular formula is C18H39NO5S. The minimum Gasteiger partial charge on any atom is -0.379 e. The Kier molecular flexibility index (Phi) is 17.6. The van der Waals surface area contributed by atoms with Crippen LogP contribution in [0, 0.1) is 5.92 Å². The van der Waals surface area contributed by atoms with Crippen molar-refractivity contribution in [3.63, 3.8) is 0 Å². The molecule has 0 saturated carbocycles. The molecule has 0 aliphatic heterocycles. The third-order valence-corrected chi connectivity index (χ3v) is 3.78. The van der Waals surface area contributed by atoms with Gasteiger partial charge in [-0.25, -0.2) is 0 Å². The second kappa shape index (κ2) is 17.5. The maximum absolute atomic E-state index is 5.73. The monoisotopic (exact) mass is 381 g/mol. The van der Waals surface area contributed by atoms with E-state index in [2.05, 4.69) is 31.8 Å². The second-order valence-corrected chi connectivity index (χ2v) is 7.46. The van der Waals surface area contributed by atoms with Crippen LogP contribution in [0.25, 0.3) is 0 Å². The molecular weight excluding hydrogens is 342 g/mol. The first kappa shape index (κ1) is 25.1. The molecule has 0 aromatic heterocycles. The van der Waals surface area contributed by atoms with E-state index < -0.39 is 4.93 Å². The lowest BCUT2D eigenvalue weighted by molar-refractivity contribution is -0.0332. The van der Waals surface area contributed by atoms with Gasteiger partial charge in [0, 0.05) is 19.6 Å². The lowest BCUT2D eigenvalue weighted by atomic mass is 10.1. The van der Waals surface area contributed by atoms with Crippen molar-refractivity contribution >= 4 is 12.6 Å². The molecule has 6 nitrogen and oxygen atoms in total. The zero-order chi connectivity index (χ0) is 18.8. The highest BCUT2D eigenvalue weighted by Crippen LogP contribution is 2.19. The molecule has 25 heavy (non-hydrogen) atoms. The smallest absolute Gasteiger partial charge is 0.110 e. The largest absolute Gasteiger partial charge is 0.379 e. The molecule has 0 heterocycles. The highest BCUT2D eigenvalue weighted by atomic mass is 32.1. The van der Waals surface area contributed by atoms with Crippen molar-refractivity contribution in [2.24, 2.45) is 5.92 Å². The van der Waals surface area contributed by atoms with Crippen LogP contribution in [-0.4, -0.2) is 78.0 Å². The molecule has 1 unspecified atom stereocenters. The van der Waals surface area contributed by atoms with Crippen molar-refractivity contribution in [3.8, 4) is 0 Å². The molecule has 0 fully saturated rings. The van der Waals surface area contributed by atoms with E-state index in [0.717, 1.165) is 19.6 Å². The minimum atomic E-state index is -0.510. The topological polar surface area (TPSA) is 58.2 Å². The predicted octanol–water partition coefficient (Wildman–Crippen LogP) is 2.37. The Morgan fingerprint density at radius 1 is 0.800 bits per heavy atom. The molecule has 0 saturated heterocycles. The van der Waals surface area contributed by atoms with Gasteiger partial charge >= 0.3 is 0 Å². The number of hydrogen-bond donors (Lipinski definition) is 2. The van der Waals surface area contributed by atoms with Crippen LogP contribution in [-0.2, 0) is 23.7 Å². The van der Waals surface area contributed by atoms with Gasteiger partial charge in [0.25, 0.3) is 0 Å². The Bertz CT molecular complexity index is 280. The fraction of sp³-hybridized carbons (Fsp3) is 1.00. The molecule has 0 amide bonds. The van der Waals surface area contributed by atoms with E-state index >= 15 is 0 Å². The van der Waals surface area contributed by atoms with Crippen LogP contribution >= 0.6 is 12.6 Å². The summed E-state index contributed by atoms with van der Waals surface area (Å²) in [5, 5.41) is 3.03. The van der Waals surface area contributed by atoms with Gasteiger partial charge in [-0.15, -0.1) is 12.6 Å². The summed E-state index contributed by atoms with van der Waals surface area (Å²) in [6.07, 6.45) is 1.80. The van der Waals surface area contributed by atoms with Gasteiger partial charge in [-0.2, -0.15) is 0 Å². The number of rotatable bonds is 19. The number of hydrogen-bond acceptors (Lipinski definition) is 7. The fourth-order valence-electron chi connectivity index (χ4n) is 1.79. The summed E-state index contributed by atoms with van der Waals surface area (Å²) >= 11 is 4.53. The Balaban J connectivity index is 3.34. The average molecular weight is 382 g/mol. The van der Waals surface area contributed by atoms with Crippen LogP contribution in [0.1, 0.15) is 33.6 Å². The van der Waals surface area contributed by atoms with Crippen LogP contribution in [0.2, 0.25) is 0 Å². The normalized spacial score (nSPS) is 14.2. The molecule has 0 aromatic rings. The lowest BCUT2D eigenvalue weighted by Crippen LogP contribution is -2.26. The number of nitrogens with one attached hydrogen (secondary N) is 1. The van der Waals surface area contributed by atoms with E-state index in [1.165, 1.54) is 0 Å². The van der Waals surface area contributed by atoms with E-state index in [9.17, 15) is 0 Å². The summed E-state index contributed by atoms with van der Waals surface area (Å²) in [5.41, 5.74) is 0. The third kappa shape index (κ3) is 20.3. The maximum atomic E-state index is 5.73. The van der Waals surface area contributed by atoms with Gasteiger partial charge in [-0.1, -0.05) is 13.8 Å². The Morgan fingerprint density at radius 2 is 1.32 bits per heavy atom. The fourth-order valence-corrected chi connectivity index (χ4v) is 1.97.